The summed E-state index contributed by atoms with van der Waals surface area (Å²) in [5.74, 6) is -0.381. The molecule has 1 N–H and O–H groups in total. The average Bonchev–Trinajstić information content (AvgIpc) is 2.80. The van der Waals surface area contributed by atoms with Gasteiger partial charge < -0.3 is 5.11 Å². The van der Waals surface area contributed by atoms with Crippen LogP contribution in [0, 0.1) is 5.92 Å². The Kier molecular flexibility index (Phi) is 5.17. The summed E-state index contributed by atoms with van der Waals surface area (Å²) in [4.78, 5) is 13.2. The van der Waals surface area contributed by atoms with E-state index in [2.05, 4.69) is 34.6 Å². The Morgan fingerprint density at radius 3 is 2.95 bits per heavy atom. The molecule has 0 aliphatic carbocycles. The van der Waals surface area contributed by atoms with Crippen LogP contribution in [-0.4, -0.2) is 38.8 Å². The molecule has 1 atom stereocenters. The fraction of sp³-hybridized carbons (Fsp3) is 0.733. The smallest absolute Gasteiger partial charge is 0.303 e. The highest BCUT2D eigenvalue weighted by molar-refractivity contribution is 5.67. The minimum absolute atomic E-state index is 0.295. The van der Waals surface area contributed by atoms with Gasteiger partial charge in [-0.1, -0.05) is 6.92 Å². The topological polar surface area (TPSA) is 58.4 Å². The lowest BCUT2D eigenvalue weighted by Crippen LogP contribution is -2.36. The normalized spacial score (nSPS) is 20.2. The molecule has 0 saturated carbocycles. The van der Waals surface area contributed by atoms with E-state index in [1.54, 1.807) is 0 Å². The molecule has 0 amide bonds. The van der Waals surface area contributed by atoms with E-state index in [9.17, 15) is 4.79 Å². The number of nitrogens with zero attached hydrogens (tertiary/aromatic N) is 3. The van der Waals surface area contributed by atoms with Crippen LogP contribution in [-0.2, 0) is 24.3 Å². The zero-order valence-electron chi connectivity index (χ0n) is 12.5. The molecule has 1 aliphatic rings. The van der Waals surface area contributed by atoms with Crippen LogP contribution >= 0.6 is 0 Å². The molecule has 0 spiro atoms. The molecular weight excluding hydrogens is 254 g/mol. The Balaban J connectivity index is 1.98. The van der Waals surface area contributed by atoms with Gasteiger partial charge >= 0.3 is 5.97 Å². The summed E-state index contributed by atoms with van der Waals surface area (Å²) in [5, 5.41) is 13.5. The van der Waals surface area contributed by atoms with Crippen molar-refractivity contribution in [1.82, 2.24) is 14.7 Å². The maximum absolute atomic E-state index is 10.8. The molecule has 0 bridgehead atoms. The van der Waals surface area contributed by atoms with Crippen LogP contribution in [0.15, 0.2) is 6.07 Å². The van der Waals surface area contributed by atoms with Crippen molar-refractivity contribution >= 4 is 5.97 Å². The molecule has 1 aliphatic heterocycles. The Bertz CT molecular complexity index is 456. The largest absolute Gasteiger partial charge is 0.481 e. The first kappa shape index (κ1) is 15.0. The van der Waals surface area contributed by atoms with Crippen molar-refractivity contribution in [1.29, 1.82) is 0 Å². The Morgan fingerprint density at radius 2 is 2.30 bits per heavy atom. The first-order chi connectivity index (χ1) is 9.62. The lowest BCUT2D eigenvalue weighted by atomic mass is 9.95. The highest BCUT2D eigenvalue weighted by Gasteiger charge is 2.23. The van der Waals surface area contributed by atoms with Gasteiger partial charge in [0.05, 0.1) is 11.4 Å². The van der Waals surface area contributed by atoms with Crippen molar-refractivity contribution in [3.8, 4) is 0 Å². The second kappa shape index (κ2) is 6.88. The fourth-order valence-corrected chi connectivity index (χ4v) is 3.03. The summed E-state index contributed by atoms with van der Waals surface area (Å²) < 4.78 is 2.07. The highest BCUT2D eigenvalue weighted by Crippen LogP contribution is 2.21. The Labute approximate surface area is 120 Å². The van der Waals surface area contributed by atoms with Crippen molar-refractivity contribution < 1.29 is 9.90 Å². The van der Waals surface area contributed by atoms with Gasteiger partial charge in [0, 0.05) is 26.1 Å². The first-order valence-corrected chi connectivity index (χ1v) is 7.62. The van der Waals surface area contributed by atoms with E-state index in [4.69, 9.17) is 5.11 Å². The lowest BCUT2D eigenvalue weighted by Gasteiger charge is -2.32. The average molecular weight is 279 g/mol. The van der Waals surface area contributed by atoms with E-state index in [0.717, 1.165) is 51.1 Å². The fourth-order valence-electron chi connectivity index (χ4n) is 3.03. The molecule has 2 rings (SSSR count). The number of carboxylic acid groups (broad SMARTS) is 1. The molecule has 1 saturated heterocycles. The third-order valence-corrected chi connectivity index (χ3v) is 4.03. The number of piperidine rings is 1. The van der Waals surface area contributed by atoms with Gasteiger partial charge in [0.15, 0.2) is 0 Å². The molecule has 1 fully saturated rings. The van der Waals surface area contributed by atoms with Gasteiger partial charge in [0.25, 0.3) is 0 Å². The molecule has 2 heterocycles. The van der Waals surface area contributed by atoms with Crippen molar-refractivity contribution in [2.75, 3.05) is 13.1 Å². The van der Waals surface area contributed by atoms with Crippen LogP contribution < -0.4 is 0 Å². The van der Waals surface area contributed by atoms with Crippen LogP contribution in [0.2, 0.25) is 0 Å². The van der Waals surface area contributed by atoms with E-state index < -0.39 is 5.97 Å². The maximum Gasteiger partial charge on any atom is 0.303 e. The summed E-state index contributed by atoms with van der Waals surface area (Å²) in [7, 11) is 0. The number of carbonyl (C=O) groups is 1. The molecule has 20 heavy (non-hydrogen) atoms. The zero-order valence-corrected chi connectivity index (χ0v) is 12.5. The summed E-state index contributed by atoms with van der Waals surface area (Å²) >= 11 is 0. The highest BCUT2D eigenvalue weighted by atomic mass is 16.4. The molecule has 112 valence electrons. The van der Waals surface area contributed by atoms with Gasteiger partial charge in [-0.15, -0.1) is 0 Å². The monoisotopic (exact) mass is 279 g/mol. The van der Waals surface area contributed by atoms with E-state index in [1.807, 2.05) is 0 Å². The number of rotatable bonds is 6. The molecule has 0 radical (unpaired) electrons. The van der Waals surface area contributed by atoms with Gasteiger partial charge in [0.1, 0.15) is 0 Å². The van der Waals surface area contributed by atoms with Gasteiger partial charge in [-0.05, 0) is 44.7 Å². The van der Waals surface area contributed by atoms with E-state index >= 15 is 0 Å². The quantitative estimate of drug-likeness (QED) is 0.867. The molecule has 1 aromatic heterocycles. The van der Waals surface area contributed by atoms with Crippen LogP contribution in [0.5, 0.6) is 0 Å². The number of aryl methyl sites for hydroxylation is 2. The Hall–Kier alpha value is -1.36. The van der Waals surface area contributed by atoms with Gasteiger partial charge in [0.2, 0.25) is 0 Å². The summed E-state index contributed by atoms with van der Waals surface area (Å²) in [5.41, 5.74) is 2.39. The summed E-state index contributed by atoms with van der Waals surface area (Å²) in [6.07, 6.45) is 3.39. The number of hydrogen-bond donors (Lipinski definition) is 1. The first-order valence-electron chi connectivity index (χ1n) is 7.62. The van der Waals surface area contributed by atoms with E-state index in [1.165, 1.54) is 5.69 Å². The van der Waals surface area contributed by atoms with Crippen LogP contribution in [0.25, 0.3) is 0 Å². The van der Waals surface area contributed by atoms with Crippen LogP contribution in [0.1, 0.15) is 44.5 Å². The van der Waals surface area contributed by atoms with Crippen molar-refractivity contribution in [2.24, 2.45) is 5.92 Å². The predicted molar refractivity (Wildman–Crippen MR) is 77.5 cm³/mol. The molecule has 1 aromatic rings. The zero-order chi connectivity index (χ0) is 14.5. The number of hydrogen-bond acceptors (Lipinski definition) is 3. The van der Waals surface area contributed by atoms with Gasteiger partial charge in [-0.25, -0.2) is 0 Å². The van der Waals surface area contributed by atoms with Crippen molar-refractivity contribution in [2.45, 2.75) is 52.6 Å². The lowest BCUT2D eigenvalue weighted by molar-refractivity contribution is -0.138. The minimum Gasteiger partial charge on any atom is -0.481 e. The molecule has 5 nitrogen and oxygen atoms in total. The Morgan fingerprint density at radius 1 is 1.50 bits per heavy atom. The third-order valence-electron chi connectivity index (χ3n) is 4.03. The van der Waals surface area contributed by atoms with Gasteiger partial charge in [-0.2, -0.15) is 5.10 Å². The van der Waals surface area contributed by atoms with Crippen molar-refractivity contribution in [3.63, 3.8) is 0 Å². The standard InChI is InChI=1S/C15H25N3O2/c1-3-13-9-14(18(4-2)16-13)11-17-7-5-6-12(10-17)8-15(19)20/h9,12H,3-8,10-11H2,1-2H3,(H,19,20). The van der Waals surface area contributed by atoms with Crippen LogP contribution in [0.3, 0.4) is 0 Å². The molecule has 0 aromatic carbocycles. The number of likely N-dealkylation sites (tertiary alicyclic amines) is 1. The SMILES string of the molecule is CCc1cc(CN2CCCC(CC(=O)O)C2)n(CC)n1. The van der Waals surface area contributed by atoms with E-state index in [0.29, 0.717) is 12.3 Å². The number of carboxylic acids is 1. The van der Waals surface area contributed by atoms with Crippen molar-refractivity contribution in [3.05, 3.63) is 17.5 Å². The minimum atomic E-state index is -0.677. The number of aliphatic carboxylic acids is 1. The second-order valence-electron chi connectivity index (χ2n) is 5.64. The van der Waals surface area contributed by atoms with Gasteiger partial charge in [-0.3, -0.25) is 14.4 Å². The molecular formula is C15H25N3O2. The molecule has 1 unspecified atom stereocenters. The predicted octanol–water partition coefficient (Wildman–Crippen LogP) is 2.15. The molecule has 5 heteroatoms. The third kappa shape index (κ3) is 3.82. The maximum atomic E-state index is 10.8. The van der Waals surface area contributed by atoms with Crippen LogP contribution in [0.4, 0.5) is 0 Å². The van der Waals surface area contributed by atoms with E-state index in [-0.39, 0.29) is 0 Å². The number of aromatic nitrogens is 2. The second-order valence-corrected chi connectivity index (χ2v) is 5.64. The summed E-state index contributed by atoms with van der Waals surface area (Å²) in [6.45, 7) is 7.96. The summed E-state index contributed by atoms with van der Waals surface area (Å²) in [6, 6.07) is 2.18.